The van der Waals surface area contributed by atoms with E-state index >= 15 is 0 Å². The summed E-state index contributed by atoms with van der Waals surface area (Å²) in [5.41, 5.74) is 1.08. The van der Waals surface area contributed by atoms with Gasteiger partial charge in [-0.25, -0.2) is 9.78 Å². The van der Waals surface area contributed by atoms with E-state index in [0.29, 0.717) is 5.69 Å². The number of carbonyl (C=O) groups excluding carboxylic acids is 1. The molecule has 1 aromatic carbocycles. The molecule has 0 bridgehead atoms. The van der Waals surface area contributed by atoms with Crippen molar-refractivity contribution in [1.82, 2.24) is 19.1 Å². The number of rotatable bonds is 5. The number of hydrogen-bond donors (Lipinski definition) is 2. The van der Waals surface area contributed by atoms with Gasteiger partial charge >= 0.3 is 5.69 Å². The van der Waals surface area contributed by atoms with E-state index in [1.807, 2.05) is 35.8 Å². The molecule has 0 saturated heterocycles. The van der Waals surface area contributed by atoms with Gasteiger partial charge in [-0.3, -0.25) is 14.2 Å². The van der Waals surface area contributed by atoms with Crippen LogP contribution in [0.2, 0.25) is 0 Å². The number of aromatic nitrogens is 4. The highest BCUT2D eigenvalue weighted by Gasteiger charge is 2.17. The first kappa shape index (κ1) is 19.6. The molecule has 5 rings (SSSR count). The highest BCUT2D eigenvalue weighted by Crippen LogP contribution is 2.29. The van der Waals surface area contributed by atoms with Crippen LogP contribution in [0.5, 0.6) is 0 Å². The number of hydrogen-bond acceptors (Lipinski definition) is 6. The molecule has 2 N–H and O–H groups in total. The standard InChI is InChI=1S/C21H17N5O3S2/c27-18(16-10-22-20(29)26(19(16)28)11-15-2-1-8-30-15)23-14-5-3-13(4-6-14)17-12-25-7-9-31-21(25)24-17/h1-6,8,10,12H,7,9,11H2,(H,22,29)(H,23,27). The van der Waals surface area contributed by atoms with Crippen LogP contribution in [0.15, 0.2) is 68.9 Å². The number of aryl methyl sites for hydroxylation is 1. The van der Waals surface area contributed by atoms with Gasteiger partial charge in [-0.2, -0.15) is 0 Å². The Labute approximate surface area is 184 Å². The van der Waals surface area contributed by atoms with E-state index < -0.39 is 17.2 Å². The molecule has 31 heavy (non-hydrogen) atoms. The van der Waals surface area contributed by atoms with E-state index in [9.17, 15) is 14.4 Å². The molecule has 0 spiro atoms. The van der Waals surface area contributed by atoms with Crippen molar-refractivity contribution >= 4 is 34.7 Å². The second-order valence-electron chi connectivity index (χ2n) is 6.96. The lowest BCUT2D eigenvalue weighted by atomic mass is 10.1. The Morgan fingerprint density at radius 1 is 1.19 bits per heavy atom. The van der Waals surface area contributed by atoms with E-state index in [4.69, 9.17) is 0 Å². The number of aromatic amines is 1. The Morgan fingerprint density at radius 2 is 2.03 bits per heavy atom. The first-order valence-corrected chi connectivity index (χ1v) is 11.4. The van der Waals surface area contributed by atoms with Crippen molar-refractivity contribution in [3.05, 3.63) is 85.5 Å². The number of benzene rings is 1. The van der Waals surface area contributed by atoms with Gasteiger partial charge in [0.2, 0.25) is 0 Å². The second kappa shape index (κ2) is 8.05. The normalized spacial score (nSPS) is 12.6. The molecule has 0 fully saturated rings. The molecule has 4 heterocycles. The summed E-state index contributed by atoms with van der Waals surface area (Å²) in [7, 11) is 0. The van der Waals surface area contributed by atoms with Crippen molar-refractivity contribution in [2.24, 2.45) is 0 Å². The van der Waals surface area contributed by atoms with Crippen LogP contribution in [0.4, 0.5) is 5.69 Å². The topological polar surface area (TPSA) is 102 Å². The molecule has 1 aliphatic rings. The van der Waals surface area contributed by atoms with Gasteiger partial charge in [0.25, 0.3) is 11.5 Å². The number of H-pyrrole nitrogens is 1. The number of imidazole rings is 1. The van der Waals surface area contributed by atoms with Gasteiger partial charge in [0.15, 0.2) is 5.16 Å². The minimum absolute atomic E-state index is 0.120. The first-order chi connectivity index (χ1) is 15.1. The SMILES string of the molecule is O=C(Nc1ccc(-c2cn3c(n2)SCC3)cc1)c1c[nH]c(=O)n(Cc2cccs2)c1=O. The molecule has 3 aromatic heterocycles. The Kier molecular flexibility index (Phi) is 5.08. The summed E-state index contributed by atoms with van der Waals surface area (Å²) in [6, 6.07) is 11.0. The van der Waals surface area contributed by atoms with Crippen molar-refractivity contribution < 1.29 is 4.79 Å². The molecule has 0 saturated carbocycles. The molecule has 1 aliphatic heterocycles. The summed E-state index contributed by atoms with van der Waals surface area (Å²) >= 11 is 3.17. The summed E-state index contributed by atoms with van der Waals surface area (Å²) < 4.78 is 3.16. The predicted octanol–water partition coefficient (Wildman–Crippen LogP) is 2.87. The maximum atomic E-state index is 12.7. The molecular formula is C21H17N5O3S2. The van der Waals surface area contributed by atoms with Crippen molar-refractivity contribution in [3.8, 4) is 11.3 Å². The number of thioether (sulfide) groups is 1. The van der Waals surface area contributed by atoms with Gasteiger partial charge in [-0.1, -0.05) is 30.0 Å². The summed E-state index contributed by atoms with van der Waals surface area (Å²) in [6.45, 7) is 1.08. The molecule has 1 amide bonds. The summed E-state index contributed by atoms with van der Waals surface area (Å²) in [6.07, 6.45) is 3.18. The van der Waals surface area contributed by atoms with E-state index in [1.165, 1.54) is 11.3 Å². The fourth-order valence-electron chi connectivity index (χ4n) is 3.35. The third-order valence-electron chi connectivity index (χ3n) is 4.94. The zero-order valence-electron chi connectivity index (χ0n) is 16.2. The smallest absolute Gasteiger partial charge is 0.325 e. The molecule has 8 nitrogen and oxygen atoms in total. The van der Waals surface area contributed by atoms with E-state index in [2.05, 4.69) is 19.9 Å². The number of nitrogens with one attached hydrogen (secondary N) is 2. The van der Waals surface area contributed by atoms with Crippen molar-refractivity contribution in [1.29, 1.82) is 0 Å². The third-order valence-corrected chi connectivity index (χ3v) is 6.77. The van der Waals surface area contributed by atoms with Crippen LogP contribution >= 0.6 is 23.1 Å². The van der Waals surface area contributed by atoms with Crippen LogP contribution in [-0.4, -0.2) is 30.8 Å². The fourth-order valence-corrected chi connectivity index (χ4v) is 4.98. The van der Waals surface area contributed by atoms with Gasteiger partial charge in [0.1, 0.15) is 5.56 Å². The molecule has 4 aromatic rings. The van der Waals surface area contributed by atoms with Gasteiger partial charge in [0, 0.05) is 40.8 Å². The zero-order valence-corrected chi connectivity index (χ0v) is 17.8. The van der Waals surface area contributed by atoms with Crippen LogP contribution in [0.25, 0.3) is 11.3 Å². The third kappa shape index (κ3) is 3.87. The van der Waals surface area contributed by atoms with Gasteiger partial charge < -0.3 is 14.9 Å². The minimum Gasteiger partial charge on any atom is -0.325 e. The number of amides is 1. The second-order valence-corrected chi connectivity index (χ2v) is 9.05. The quantitative estimate of drug-likeness (QED) is 0.486. The van der Waals surface area contributed by atoms with Crippen LogP contribution in [0.1, 0.15) is 15.2 Å². The lowest BCUT2D eigenvalue weighted by Crippen LogP contribution is -2.39. The summed E-state index contributed by atoms with van der Waals surface area (Å²) in [5.74, 6) is 0.471. The fraction of sp³-hybridized carbons (Fsp3) is 0.143. The molecule has 0 aliphatic carbocycles. The van der Waals surface area contributed by atoms with Crippen LogP contribution < -0.4 is 16.6 Å². The summed E-state index contributed by atoms with van der Waals surface area (Å²) in [5, 5.41) is 5.60. The Balaban J connectivity index is 1.35. The van der Waals surface area contributed by atoms with Crippen LogP contribution in [-0.2, 0) is 13.1 Å². The Morgan fingerprint density at radius 3 is 2.77 bits per heavy atom. The van der Waals surface area contributed by atoms with Crippen molar-refractivity contribution in [2.45, 2.75) is 18.2 Å². The monoisotopic (exact) mass is 451 g/mol. The number of anilines is 1. The number of nitrogens with zero attached hydrogens (tertiary/aromatic N) is 3. The predicted molar refractivity (Wildman–Crippen MR) is 121 cm³/mol. The number of fused-ring (bicyclic) bond motifs is 1. The van der Waals surface area contributed by atoms with Crippen LogP contribution in [0, 0.1) is 0 Å². The molecule has 10 heteroatoms. The van der Waals surface area contributed by atoms with Crippen LogP contribution in [0.3, 0.4) is 0 Å². The minimum atomic E-state index is -0.628. The molecule has 0 unspecified atom stereocenters. The molecule has 0 atom stereocenters. The maximum absolute atomic E-state index is 12.7. The largest absolute Gasteiger partial charge is 0.328 e. The Bertz CT molecular complexity index is 1350. The first-order valence-electron chi connectivity index (χ1n) is 9.55. The number of thiophene rings is 1. The maximum Gasteiger partial charge on any atom is 0.328 e. The van der Waals surface area contributed by atoms with Gasteiger partial charge in [-0.15, -0.1) is 11.3 Å². The highest BCUT2D eigenvalue weighted by atomic mass is 32.2. The zero-order chi connectivity index (χ0) is 21.4. The number of carbonyl (C=O) groups is 1. The highest BCUT2D eigenvalue weighted by molar-refractivity contribution is 7.99. The van der Waals surface area contributed by atoms with E-state index in [0.717, 1.165) is 44.4 Å². The van der Waals surface area contributed by atoms with E-state index in [1.54, 1.807) is 23.9 Å². The molecular weight excluding hydrogens is 434 g/mol. The van der Waals surface area contributed by atoms with Gasteiger partial charge in [0.05, 0.1) is 12.2 Å². The lowest BCUT2D eigenvalue weighted by Gasteiger charge is -2.08. The molecule has 156 valence electrons. The lowest BCUT2D eigenvalue weighted by molar-refractivity contribution is 0.102. The Hall–Kier alpha value is -3.37. The molecule has 0 radical (unpaired) electrons. The van der Waals surface area contributed by atoms with Crippen molar-refractivity contribution in [3.63, 3.8) is 0 Å². The van der Waals surface area contributed by atoms with Crippen molar-refractivity contribution in [2.75, 3.05) is 11.1 Å². The van der Waals surface area contributed by atoms with E-state index in [-0.39, 0.29) is 12.1 Å². The van der Waals surface area contributed by atoms with Gasteiger partial charge in [-0.05, 0) is 23.6 Å². The average molecular weight is 452 g/mol. The average Bonchev–Trinajstić information content (AvgIpc) is 3.49. The summed E-state index contributed by atoms with van der Waals surface area (Å²) in [4.78, 5) is 45.5.